The van der Waals surface area contributed by atoms with E-state index in [0.29, 0.717) is 21.8 Å². The smallest absolute Gasteiger partial charge is 0.150 e. The number of fused-ring (bicyclic) bond motifs is 3. The molecule has 22 heavy (non-hydrogen) atoms. The molecule has 0 saturated heterocycles. The highest BCUT2D eigenvalue weighted by Gasteiger charge is 2.42. The molecular formula is C19H20INO. The standard InChI is InChI=1S/C19H20INO/c20-17-6-2-1-4-14(17)11-21-18-7-3-5-15(18)16-10-13(12-22)8-9-19(16)21/h1-2,4,6,8-10,12,14-15,17-18H,3,5,7,11H2/t14?,15?,17-,18?/m0/s1. The molecule has 0 N–H and O–H groups in total. The Morgan fingerprint density at radius 3 is 2.91 bits per heavy atom. The van der Waals surface area contributed by atoms with Crippen LogP contribution < -0.4 is 4.90 Å². The second-order valence-corrected chi connectivity index (χ2v) is 8.01. The third-order valence-electron chi connectivity index (χ3n) is 5.36. The summed E-state index contributed by atoms with van der Waals surface area (Å²) in [6.45, 7) is 1.09. The van der Waals surface area contributed by atoms with Gasteiger partial charge in [0.25, 0.3) is 0 Å². The van der Waals surface area contributed by atoms with E-state index in [1.165, 1.54) is 30.5 Å². The van der Waals surface area contributed by atoms with Gasteiger partial charge in [0.15, 0.2) is 0 Å². The summed E-state index contributed by atoms with van der Waals surface area (Å²) in [5.74, 6) is 1.20. The first kappa shape index (κ1) is 14.5. The van der Waals surface area contributed by atoms with Gasteiger partial charge in [0, 0.05) is 39.6 Å². The minimum absolute atomic E-state index is 0.570. The number of benzene rings is 1. The number of carbonyl (C=O) groups is 1. The molecule has 0 amide bonds. The summed E-state index contributed by atoms with van der Waals surface area (Å²) >= 11 is 2.55. The van der Waals surface area contributed by atoms with Gasteiger partial charge in [-0.05, 0) is 36.6 Å². The fraction of sp³-hybridized carbons (Fsp3) is 0.421. The first-order chi connectivity index (χ1) is 10.8. The average Bonchev–Trinajstić information content (AvgIpc) is 3.12. The Morgan fingerprint density at radius 1 is 1.23 bits per heavy atom. The van der Waals surface area contributed by atoms with Crippen molar-refractivity contribution in [3.8, 4) is 0 Å². The molecule has 1 aromatic rings. The third kappa shape index (κ3) is 2.34. The number of halogens is 1. The maximum absolute atomic E-state index is 11.1. The lowest BCUT2D eigenvalue weighted by molar-refractivity contribution is 0.112. The number of aldehydes is 1. The molecule has 1 fully saturated rings. The number of allylic oxidation sites excluding steroid dienone is 3. The Labute approximate surface area is 145 Å². The molecule has 4 rings (SSSR count). The number of anilines is 1. The first-order valence-electron chi connectivity index (χ1n) is 8.13. The molecule has 2 nitrogen and oxygen atoms in total. The van der Waals surface area contributed by atoms with E-state index in [1.54, 1.807) is 0 Å². The van der Waals surface area contributed by atoms with E-state index in [-0.39, 0.29) is 0 Å². The van der Waals surface area contributed by atoms with E-state index in [0.717, 1.165) is 18.4 Å². The van der Waals surface area contributed by atoms with Crippen molar-refractivity contribution in [2.45, 2.75) is 35.1 Å². The van der Waals surface area contributed by atoms with Crippen molar-refractivity contribution in [3.63, 3.8) is 0 Å². The second kappa shape index (κ2) is 5.84. The van der Waals surface area contributed by atoms with Crippen LogP contribution in [0.4, 0.5) is 5.69 Å². The van der Waals surface area contributed by atoms with Crippen molar-refractivity contribution in [2.24, 2.45) is 5.92 Å². The van der Waals surface area contributed by atoms with Gasteiger partial charge in [0.1, 0.15) is 6.29 Å². The molecule has 4 atom stereocenters. The van der Waals surface area contributed by atoms with Gasteiger partial charge < -0.3 is 4.90 Å². The Hall–Kier alpha value is -1.10. The lowest BCUT2D eigenvalue weighted by atomic mass is 9.96. The van der Waals surface area contributed by atoms with Crippen LogP contribution in [0.3, 0.4) is 0 Å². The monoisotopic (exact) mass is 405 g/mol. The minimum Gasteiger partial charge on any atom is -0.367 e. The molecule has 0 spiro atoms. The Balaban J connectivity index is 1.66. The molecule has 0 bridgehead atoms. The second-order valence-electron chi connectivity index (χ2n) is 6.57. The van der Waals surface area contributed by atoms with Gasteiger partial charge in [0.2, 0.25) is 0 Å². The molecule has 0 radical (unpaired) electrons. The zero-order chi connectivity index (χ0) is 15.1. The predicted octanol–water partition coefficient (Wildman–Crippen LogP) is 4.50. The summed E-state index contributed by atoms with van der Waals surface area (Å²) in [7, 11) is 0. The Bertz CT molecular complexity index is 651. The lowest BCUT2D eigenvalue weighted by Crippen LogP contribution is -2.37. The normalized spacial score (nSPS) is 32.1. The van der Waals surface area contributed by atoms with Gasteiger partial charge in [-0.2, -0.15) is 0 Å². The van der Waals surface area contributed by atoms with Crippen LogP contribution in [-0.2, 0) is 0 Å². The number of hydrogen-bond acceptors (Lipinski definition) is 2. The highest BCUT2D eigenvalue weighted by atomic mass is 127. The molecule has 3 aliphatic rings. The average molecular weight is 405 g/mol. The number of hydrogen-bond donors (Lipinski definition) is 0. The molecule has 2 aliphatic carbocycles. The van der Waals surface area contributed by atoms with Crippen molar-refractivity contribution in [1.29, 1.82) is 0 Å². The number of carbonyl (C=O) groups excluding carboxylic acids is 1. The van der Waals surface area contributed by atoms with Gasteiger partial charge in [0.05, 0.1) is 0 Å². The van der Waals surface area contributed by atoms with Crippen LogP contribution in [0.2, 0.25) is 0 Å². The SMILES string of the molecule is O=Cc1ccc2c(c1)C1CCCC1N2CC1C=CC=C[C@@H]1I. The summed E-state index contributed by atoms with van der Waals surface area (Å²) in [4.78, 5) is 13.7. The molecular weight excluding hydrogens is 385 g/mol. The van der Waals surface area contributed by atoms with Gasteiger partial charge in [-0.1, -0.05) is 53.3 Å². The van der Waals surface area contributed by atoms with Crippen LogP contribution in [0.25, 0.3) is 0 Å². The Morgan fingerprint density at radius 2 is 2.09 bits per heavy atom. The van der Waals surface area contributed by atoms with Crippen molar-refractivity contribution < 1.29 is 4.79 Å². The first-order valence-corrected chi connectivity index (χ1v) is 9.37. The van der Waals surface area contributed by atoms with Crippen LogP contribution in [0.15, 0.2) is 42.5 Å². The molecule has 3 unspecified atom stereocenters. The van der Waals surface area contributed by atoms with E-state index in [1.807, 2.05) is 6.07 Å². The Kier molecular flexibility index (Phi) is 3.84. The number of alkyl halides is 1. The fourth-order valence-electron chi connectivity index (χ4n) is 4.31. The van der Waals surface area contributed by atoms with Crippen LogP contribution in [0.5, 0.6) is 0 Å². The van der Waals surface area contributed by atoms with Gasteiger partial charge in [-0.3, -0.25) is 4.79 Å². The van der Waals surface area contributed by atoms with Crippen molar-refractivity contribution >= 4 is 34.6 Å². The van der Waals surface area contributed by atoms with Crippen LogP contribution >= 0.6 is 22.6 Å². The highest BCUT2D eigenvalue weighted by molar-refractivity contribution is 14.1. The van der Waals surface area contributed by atoms with Crippen LogP contribution in [-0.4, -0.2) is 22.8 Å². The van der Waals surface area contributed by atoms with Crippen molar-refractivity contribution in [2.75, 3.05) is 11.4 Å². The largest absolute Gasteiger partial charge is 0.367 e. The molecule has 3 heteroatoms. The van der Waals surface area contributed by atoms with E-state index in [4.69, 9.17) is 0 Å². The van der Waals surface area contributed by atoms with E-state index in [2.05, 4.69) is 63.9 Å². The quantitative estimate of drug-likeness (QED) is 0.419. The maximum Gasteiger partial charge on any atom is 0.150 e. The van der Waals surface area contributed by atoms with Gasteiger partial charge >= 0.3 is 0 Å². The highest BCUT2D eigenvalue weighted by Crippen LogP contribution is 2.49. The van der Waals surface area contributed by atoms with Crippen molar-refractivity contribution in [3.05, 3.63) is 53.6 Å². The maximum atomic E-state index is 11.1. The topological polar surface area (TPSA) is 20.3 Å². The zero-order valence-corrected chi connectivity index (χ0v) is 14.6. The third-order valence-corrected chi connectivity index (χ3v) is 6.70. The minimum atomic E-state index is 0.570. The number of nitrogens with zero attached hydrogens (tertiary/aromatic N) is 1. The fourth-order valence-corrected chi connectivity index (χ4v) is 5.02. The summed E-state index contributed by atoms with van der Waals surface area (Å²) in [5, 5.41) is 0. The molecule has 114 valence electrons. The summed E-state index contributed by atoms with van der Waals surface area (Å²) in [6.07, 6.45) is 13.8. The van der Waals surface area contributed by atoms with E-state index >= 15 is 0 Å². The number of rotatable bonds is 3. The predicted molar refractivity (Wildman–Crippen MR) is 99.1 cm³/mol. The molecule has 0 aromatic heterocycles. The lowest BCUT2D eigenvalue weighted by Gasteiger charge is -2.32. The van der Waals surface area contributed by atoms with Crippen LogP contribution in [0, 0.1) is 5.92 Å². The molecule has 1 heterocycles. The molecule has 1 aromatic carbocycles. The van der Waals surface area contributed by atoms with Crippen molar-refractivity contribution in [1.82, 2.24) is 0 Å². The molecule has 1 aliphatic heterocycles. The summed E-state index contributed by atoms with van der Waals surface area (Å²) < 4.78 is 0.570. The summed E-state index contributed by atoms with van der Waals surface area (Å²) in [5.41, 5.74) is 3.60. The van der Waals surface area contributed by atoms with Gasteiger partial charge in [-0.15, -0.1) is 0 Å². The van der Waals surface area contributed by atoms with E-state index in [9.17, 15) is 4.79 Å². The molecule has 1 saturated carbocycles. The van der Waals surface area contributed by atoms with E-state index < -0.39 is 0 Å². The summed E-state index contributed by atoms with van der Waals surface area (Å²) in [6, 6.07) is 6.91. The zero-order valence-electron chi connectivity index (χ0n) is 12.5. The van der Waals surface area contributed by atoms with Crippen LogP contribution in [0.1, 0.15) is 41.1 Å². The van der Waals surface area contributed by atoms with Gasteiger partial charge in [-0.25, -0.2) is 0 Å².